The predicted octanol–water partition coefficient (Wildman–Crippen LogP) is 2.15. The van der Waals surface area contributed by atoms with Crippen molar-refractivity contribution in [3.63, 3.8) is 0 Å². The van der Waals surface area contributed by atoms with Crippen LogP contribution in [0.25, 0.3) is 0 Å². The lowest BCUT2D eigenvalue weighted by Gasteiger charge is -2.50. The van der Waals surface area contributed by atoms with E-state index in [0.29, 0.717) is 0 Å². The van der Waals surface area contributed by atoms with Crippen LogP contribution in [0, 0.1) is 0 Å². The van der Waals surface area contributed by atoms with E-state index in [1.54, 1.807) is 0 Å². The first kappa shape index (κ1) is 14.7. The summed E-state index contributed by atoms with van der Waals surface area (Å²) in [7, 11) is 4.37. The van der Waals surface area contributed by atoms with Crippen molar-refractivity contribution in [3.05, 3.63) is 48.5 Å². The van der Waals surface area contributed by atoms with E-state index in [1.807, 2.05) is 0 Å². The third-order valence-electron chi connectivity index (χ3n) is 6.35. The van der Waals surface area contributed by atoms with Crippen molar-refractivity contribution in [2.24, 2.45) is 0 Å². The molecule has 2 fully saturated rings. The number of morpholine rings is 1. The van der Waals surface area contributed by atoms with Crippen LogP contribution in [-0.4, -0.2) is 56.9 Å². The molecule has 0 aromatic heterocycles. The maximum Gasteiger partial charge on any atom is 0.164 e. The third-order valence-corrected chi connectivity index (χ3v) is 6.35. The highest BCUT2D eigenvalue weighted by Crippen LogP contribution is 2.49. The van der Waals surface area contributed by atoms with Crippen LogP contribution in [-0.2, 0) is 4.74 Å². The molecule has 4 unspecified atom stereocenters. The molecule has 0 spiro atoms. The van der Waals surface area contributed by atoms with Crippen LogP contribution >= 0.6 is 0 Å². The molecular weight excluding hydrogens is 326 g/mol. The number of likely N-dealkylation sites (N-methyl/N-ethyl adjacent to an activating group) is 2. The Kier molecular flexibility index (Phi) is 2.86. The Morgan fingerprint density at radius 2 is 1.62 bits per heavy atom. The van der Waals surface area contributed by atoms with Gasteiger partial charge in [-0.2, -0.15) is 0 Å². The van der Waals surface area contributed by atoms with Crippen LogP contribution < -0.4 is 20.0 Å². The first-order valence-electron chi connectivity index (χ1n) is 9.32. The van der Waals surface area contributed by atoms with Gasteiger partial charge in [0.15, 0.2) is 6.23 Å². The maximum atomic E-state index is 6.25. The van der Waals surface area contributed by atoms with Crippen molar-refractivity contribution in [2.75, 3.05) is 47.3 Å². The Balaban J connectivity index is 1.55. The molecule has 0 bridgehead atoms. The lowest BCUT2D eigenvalue weighted by Crippen LogP contribution is -2.63. The van der Waals surface area contributed by atoms with Gasteiger partial charge < -0.3 is 24.8 Å². The quantitative estimate of drug-likeness (QED) is 0.785. The monoisotopic (exact) mass is 349 g/mol. The van der Waals surface area contributed by atoms with Crippen molar-refractivity contribution in [2.45, 2.75) is 24.7 Å². The highest BCUT2D eigenvalue weighted by atomic mass is 16.5. The highest BCUT2D eigenvalue weighted by Gasteiger charge is 2.58. The lowest BCUT2D eigenvalue weighted by molar-refractivity contribution is -0.0632. The van der Waals surface area contributed by atoms with Gasteiger partial charge in [0.1, 0.15) is 18.5 Å². The van der Waals surface area contributed by atoms with Crippen molar-refractivity contribution in [3.8, 4) is 0 Å². The fourth-order valence-corrected chi connectivity index (χ4v) is 5.22. The lowest BCUT2D eigenvalue weighted by atomic mass is 10.1. The molecule has 0 radical (unpaired) electrons. The maximum absolute atomic E-state index is 6.25. The van der Waals surface area contributed by atoms with Crippen molar-refractivity contribution in [1.29, 1.82) is 0 Å². The molecular formula is C20H23N5O. The molecule has 0 amide bonds. The summed E-state index contributed by atoms with van der Waals surface area (Å²) >= 11 is 0. The van der Waals surface area contributed by atoms with Gasteiger partial charge in [-0.1, -0.05) is 24.3 Å². The number of ether oxygens (including phenoxy) is 1. The van der Waals surface area contributed by atoms with Gasteiger partial charge in [0.25, 0.3) is 0 Å². The number of nitrogens with zero attached hydrogens (tertiary/aromatic N) is 4. The molecule has 2 aromatic rings. The van der Waals surface area contributed by atoms with Gasteiger partial charge in [-0.05, 0) is 24.3 Å². The van der Waals surface area contributed by atoms with Crippen LogP contribution in [0.2, 0.25) is 0 Å². The molecule has 4 aliphatic heterocycles. The second kappa shape index (κ2) is 5.05. The van der Waals surface area contributed by atoms with E-state index < -0.39 is 0 Å². The van der Waals surface area contributed by atoms with Crippen LogP contribution in [0.5, 0.6) is 0 Å². The molecule has 0 aliphatic carbocycles. The number of benzene rings is 2. The number of anilines is 4. The van der Waals surface area contributed by atoms with Gasteiger partial charge in [0.2, 0.25) is 0 Å². The van der Waals surface area contributed by atoms with E-state index in [2.05, 4.69) is 87.5 Å². The summed E-state index contributed by atoms with van der Waals surface area (Å²) in [6.07, 6.45) is 0.727. The zero-order valence-electron chi connectivity index (χ0n) is 15.0. The Morgan fingerprint density at radius 3 is 2.46 bits per heavy atom. The molecule has 4 aliphatic rings. The average Bonchev–Trinajstić information content (AvgIpc) is 3.02. The third kappa shape index (κ3) is 1.68. The second-order valence-electron chi connectivity index (χ2n) is 7.55. The first-order chi connectivity index (χ1) is 12.8. The molecule has 6 heteroatoms. The largest absolute Gasteiger partial charge is 0.365 e. The van der Waals surface area contributed by atoms with Crippen LogP contribution in [0.1, 0.15) is 0 Å². The number of nitrogens with one attached hydrogen (secondary N) is 1. The molecule has 4 atom stereocenters. The molecule has 2 saturated heterocycles. The molecule has 1 N–H and O–H groups in total. The van der Waals surface area contributed by atoms with Crippen molar-refractivity contribution >= 4 is 22.7 Å². The number of rotatable bonds is 0. The SMILES string of the molecule is CN1c2ccccc2N2C3C(Nc4ccccc4N3C)N3CCOC1C32. The Labute approximate surface area is 153 Å². The summed E-state index contributed by atoms with van der Waals surface area (Å²) in [4.78, 5) is 9.87. The minimum Gasteiger partial charge on any atom is -0.365 e. The normalized spacial score (nSPS) is 31.7. The molecule has 26 heavy (non-hydrogen) atoms. The van der Waals surface area contributed by atoms with E-state index in [4.69, 9.17) is 4.74 Å². The van der Waals surface area contributed by atoms with Crippen LogP contribution in [0.4, 0.5) is 22.7 Å². The predicted molar refractivity (Wildman–Crippen MR) is 104 cm³/mol. The molecule has 134 valence electrons. The number of hydrogen-bond acceptors (Lipinski definition) is 6. The van der Waals surface area contributed by atoms with Gasteiger partial charge >= 0.3 is 0 Å². The highest BCUT2D eigenvalue weighted by molar-refractivity contribution is 5.80. The first-order valence-corrected chi connectivity index (χ1v) is 9.32. The topological polar surface area (TPSA) is 34.2 Å². The molecule has 6 rings (SSSR count). The standard InChI is InChI=1S/C20H23N5O/c1-22-14-8-4-3-7-13(14)21-17-18(22)25-16-10-6-5-9-15(16)23(2)20-19(25)24(17)11-12-26-20/h3-10,17-21H,11-12H2,1-2H3. The Morgan fingerprint density at radius 1 is 0.885 bits per heavy atom. The van der Waals surface area contributed by atoms with Crippen LogP contribution in [0.3, 0.4) is 0 Å². The van der Waals surface area contributed by atoms with E-state index in [-0.39, 0.29) is 24.7 Å². The zero-order chi connectivity index (χ0) is 17.4. The Hall–Kier alpha value is -2.44. The fourth-order valence-electron chi connectivity index (χ4n) is 5.22. The van der Waals surface area contributed by atoms with E-state index in [1.165, 1.54) is 22.7 Å². The van der Waals surface area contributed by atoms with Gasteiger partial charge in [0, 0.05) is 20.6 Å². The summed E-state index contributed by atoms with van der Waals surface area (Å²) < 4.78 is 6.25. The average molecular weight is 349 g/mol. The molecule has 6 nitrogen and oxygen atoms in total. The summed E-state index contributed by atoms with van der Waals surface area (Å²) in [6.45, 7) is 1.70. The Bertz CT molecular complexity index is 873. The van der Waals surface area contributed by atoms with Gasteiger partial charge in [-0.3, -0.25) is 4.90 Å². The summed E-state index contributed by atoms with van der Waals surface area (Å²) in [5.74, 6) is 0. The van der Waals surface area contributed by atoms with Gasteiger partial charge in [-0.15, -0.1) is 0 Å². The van der Waals surface area contributed by atoms with Crippen molar-refractivity contribution in [1.82, 2.24) is 4.90 Å². The minimum absolute atomic E-state index is 0.0440. The summed E-state index contributed by atoms with van der Waals surface area (Å²) in [5, 5.41) is 3.82. The van der Waals surface area contributed by atoms with Crippen LogP contribution in [0.15, 0.2) is 48.5 Å². The van der Waals surface area contributed by atoms with Crippen molar-refractivity contribution < 1.29 is 4.74 Å². The second-order valence-corrected chi connectivity index (χ2v) is 7.55. The minimum atomic E-state index is 0.0440. The fraction of sp³-hybridized carbons (Fsp3) is 0.400. The van der Waals surface area contributed by atoms with E-state index in [9.17, 15) is 0 Å². The summed E-state index contributed by atoms with van der Waals surface area (Å²) in [5.41, 5.74) is 4.99. The number of fused-ring (bicyclic) bond motifs is 6. The molecule has 4 heterocycles. The smallest absolute Gasteiger partial charge is 0.164 e. The van der Waals surface area contributed by atoms with E-state index in [0.717, 1.165) is 13.2 Å². The number of para-hydroxylation sites is 4. The van der Waals surface area contributed by atoms with Gasteiger partial charge in [-0.25, -0.2) is 0 Å². The molecule has 0 saturated carbocycles. The van der Waals surface area contributed by atoms with Gasteiger partial charge in [0.05, 0.1) is 29.4 Å². The zero-order valence-corrected chi connectivity index (χ0v) is 15.0. The van der Waals surface area contributed by atoms with E-state index >= 15 is 0 Å². The summed E-state index contributed by atoms with van der Waals surface area (Å²) in [6, 6.07) is 17.3. The molecule has 2 aromatic carbocycles. The number of hydrogen-bond donors (Lipinski definition) is 1.